The van der Waals surface area contributed by atoms with Crippen molar-refractivity contribution in [3.63, 3.8) is 0 Å². The quantitative estimate of drug-likeness (QED) is 0.624. The van der Waals surface area contributed by atoms with Gasteiger partial charge in [-0.3, -0.25) is 14.9 Å². The molecule has 0 bridgehead atoms. The van der Waals surface area contributed by atoms with Gasteiger partial charge >= 0.3 is 0 Å². The molecular formula is C9H13NO2. The minimum absolute atomic E-state index is 0.0901. The standard InChI is InChI=1S/C9H13NO2/c1-3-4-7-6(2)5-8(11)10-9(7)12/h5,7H,3-4H2,1-2H3,(H,10,11,12). The van der Waals surface area contributed by atoms with Crippen molar-refractivity contribution in [1.82, 2.24) is 5.32 Å². The fraction of sp³-hybridized carbons (Fsp3) is 0.556. The van der Waals surface area contributed by atoms with E-state index >= 15 is 0 Å². The molecule has 1 rings (SSSR count). The first-order chi connectivity index (χ1) is 5.65. The molecule has 3 heteroatoms. The molecule has 0 radical (unpaired) electrons. The molecule has 12 heavy (non-hydrogen) atoms. The zero-order valence-electron chi connectivity index (χ0n) is 7.39. The second-order valence-electron chi connectivity index (χ2n) is 3.08. The lowest BCUT2D eigenvalue weighted by atomic mass is 9.92. The van der Waals surface area contributed by atoms with E-state index in [4.69, 9.17) is 0 Å². The molecule has 1 heterocycles. The van der Waals surface area contributed by atoms with Crippen molar-refractivity contribution in [3.8, 4) is 0 Å². The van der Waals surface area contributed by atoms with Gasteiger partial charge in [0.2, 0.25) is 5.91 Å². The van der Waals surface area contributed by atoms with Crippen molar-refractivity contribution in [1.29, 1.82) is 0 Å². The van der Waals surface area contributed by atoms with Crippen LogP contribution in [0.25, 0.3) is 0 Å². The molecule has 1 aliphatic rings. The number of nitrogens with one attached hydrogen (secondary N) is 1. The van der Waals surface area contributed by atoms with Gasteiger partial charge in [0.05, 0.1) is 5.92 Å². The third kappa shape index (κ3) is 1.72. The van der Waals surface area contributed by atoms with E-state index in [1.165, 1.54) is 6.08 Å². The lowest BCUT2D eigenvalue weighted by Gasteiger charge is -2.19. The SMILES string of the molecule is CCCC1C(=O)NC(=O)C=C1C. The summed E-state index contributed by atoms with van der Waals surface area (Å²) in [5.74, 6) is -0.528. The van der Waals surface area contributed by atoms with Gasteiger partial charge in [0.25, 0.3) is 5.91 Å². The molecule has 0 aromatic rings. The second kappa shape index (κ2) is 3.52. The van der Waals surface area contributed by atoms with Crippen LogP contribution in [0.1, 0.15) is 26.7 Å². The van der Waals surface area contributed by atoms with Crippen LogP contribution in [0.3, 0.4) is 0 Å². The lowest BCUT2D eigenvalue weighted by molar-refractivity contribution is -0.131. The number of rotatable bonds is 2. The van der Waals surface area contributed by atoms with Crippen molar-refractivity contribution < 1.29 is 9.59 Å². The van der Waals surface area contributed by atoms with E-state index in [1.54, 1.807) is 0 Å². The van der Waals surface area contributed by atoms with Crippen LogP contribution >= 0.6 is 0 Å². The largest absolute Gasteiger partial charge is 0.292 e. The molecule has 1 aliphatic heterocycles. The maximum Gasteiger partial charge on any atom is 0.250 e. The van der Waals surface area contributed by atoms with Gasteiger partial charge in [-0.1, -0.05) is 18.9 Å². The summed E-state index contributed by atoms with van der Waals surface area (Å²) >= 11 is 0. The van der Waals surface area contributed by atoms with Gasteiger partial charge in [0.1, 0.15) is 0 Å². The highest BCUT2D eigenvalue weighted by Crippen LogP contribution is 2.19. The van der Waals surface area contributed by atoms with E-state index < -0.39 is 0 Å². The van der Waals surface area contributed by atoms with Gasteiger partial charge in [-0.2, -0.15) is 0 Å². The van der Waals surface area contributed by atoms with Crippen LogP contribution in [0.2, 0.25) is 0 Å². The van der Waals surface area contributed by atoms with Crippen molar-refractivity contribution in [2.45, 2.75) is 26.7 Å². The Labute approximate surface area is 71.8 Å². The molecule has 1 unspecified atom stereocenters. The van der Waals surface area contributed by atoms with E-state index in [-0.39, 0.29) is 17.7 Å². The smallest absolute Gasteiger partial charge is 0.250 e. The summed E-state index contributed by atoms with van der Waals surface area (Å²) in [5.41, 5.74) is 0.880. The van der Waals surface area contributed by atoms with Gasteiger partial charge in [-0.25, -0.2) is 0 Å². The number of carbonyl (C=O) groups is 2. The summed E-state index contributed by atoms with van der Waals surface area (Å²) in [4.78, 5) is 22.1. The first-order valence-corrected chi connectivity index (χ1v) is 4.18. The molecule has 0 aliphatic carbocycles. The Balaban J connectivity index is 2.78. The highest BCUT2D eigenvalue weighted by molar-refractivity contribution is 6.06. The Bertz CT molecular complexity index is 243. The molecule has 0 aromatic carbocycles. The molecule has 1 atom stereocenters. The first kappa shape index (κ1) is 8.97. The van der Waals surface area contributed by atoms with Crippen LogP contribution in [0.5, 0.6) is 0 Å². The van der Waals surface area contributed by atoms with Crippen molar-refractivity contribution in [2.24, 2.45) is 5.92 Å². The summed E-state index contributed by atoms with van der Waals surface area (Å²) in [6.45, 7) is 3.86. The topological polar surface area (TPSA) is 46.2 Å². The maximum atomic E-state index is 11.2. The Kier molecular flexibility index (Phi) is 2.63. The average molecular weight is 167 g/mol. The number of imide groups is 1. The Morgan fingerprint density at radius 2 is 2.17 bits per heavy atom. The van der Waals surface area contributed by atoms with Crippen LogP contribution in [-0.4, -0.2) is 11.8 Å². The van der Waals surface area contributed by atoms with Crippen LogP contribution in [0.4, 0.5) is 0 Å². The highest BCUT2D eigenvalue weighted by Gasteiger charge is 2.25. The molecule has 0 saturated carbocycles. The Hall–Kier alpha value is -1.12. The molecule has 0 aromatic heterocycles. The number of carbonyl (C=O) groups excluding carboxylic acids is 2. The van der Waals surface area contributed by atoms with Crippen LogP contribution in [0.15, 0.2) is 11.6 Å². The third-order valence-electron chi connectivity index (χ3n) is 2.05. The molecule has 3 nitrogen and oxygen atoms in total. The molecule has 1 N–H and O–H groups in total. The van der Waals surface area contributed by atoms with Gasteiger partial charge < -0.3 is 0 Å². The fourth-order valence-corrected chi connectivity index (χ4v) is 1.41. The van der Waals surface area contributed by atoms with E-state index in [0.717, 1.165) is 18.4 Å². The van der Waals surface area contributed by atoms with E-state index in [9.17, 15) is 9.59 Å². The van der Waals surface area contributed by atoms with Gasteiger partial charge in [-0.15, -0.1) is 0 Å². The molecule has 66 valence electrons. The minimum Gasteiger partial charge on any atom is -0.292 e. The van der Waals surface area contributed by atoms with Crippen molar-refractivity contribution in [2.75, 3.05) is 0 Å². The molecule has 0 fully saturated rings. The summed E-state index contributed by atoms with van der Waals surface area (Å²) in [5, 5.41) is 2.29. The van der Waals surface area contributed by atoms with Crippen LogP contribution in [-0.2, 0) is 9.59 Å². The fourth-order valence-electron chi connectivity index (χ4n) is 1.41. The summed E-state index contributed by atoms with van der Waals surface area (Å²) in [6, 6.07) is 0. The normalized spacial score (nSPS) is 23.5. The molecule has 0 saturated heterocycles. The third-order valence-corrected chi connectivity index (χ3v) is 2.05. The minimum atomic E-state index is -0.287. The summed E-state index contributed by atoms with van der Waals surface area (Å²) in [6.07, 6.45) is 3.28. The number of hydrogen-bond donors (Lipinski definition) is 1. The van der Waals surface area contributed by atoms with Crippen LogP contribution in [0, 0.1) is 5.92 Å². The summed E-state index contributed by atoms with van der Waals surface area (Å²) in [7, 11) is 0. The highest BCUT2D eigenvalue weighted by atomic mass is 16.2. The van der Waals surface area contributed by atoms with Gasteiger partial charge in [-0.05, 0) is 13.3 Å². The maximum absolute atomic E-state index is 11.2. The average Bonchev–Trinajstić information content (AvgIpc) is 1.96. The van der Waals surface area contributed by atoms with Crippen LogP contribution < -0.4 is 5.32 Å². The Morgan fingerprint density at radius 3 is 2.67 bits per heavy atom. The molecule has 0 spiro atoms. The summed E-state index contributed by atoms with van der Waals surface area (Å²) < 4.78 is 0. The van der Waals surface area contributed by atoms with Gasteiger partial charge in [0, 0.05) is 6.08 Å². The zero-order chi connectivity index (χ0) is 9.14. The molecule has 2 amide bonds. The number of amides is 2. The molecular weight excluding hydrogens is 154 g/mol. The monoisotopic (exact) mass is 167 g/mol. The Morgan fingerprint density at radius 1 is 1.50 bits per heavy atom. The van der Waals surface area contributed by atoms with E-state index in [0.29, 0.717) is 0 Å². The second-order valence-corrected chi connectivity index (χ2v) is 3.08. The zero-order valence-corrected chi connectivity index (χ0v) is 7.39. The van der Waals surface area contributed by atoms with Crippen molar-refractivity contribution >= 4 is 11.8 Å². The predicted molar refractivity (Wildman–Crippen MR) is 45.3 cm³/mol. The lowest BCUT2D eigenvalue weighted by Crippen LogP contribution is -2.39. The van der Waals surface area contributed by atoms with Gasteiger partial charge in [0.15, 0.2) is 0 Å². The van der Waals surface area contributed by atoms with Crippen molar-refractivity contribution in [3.05, 3.63) is 11.6 Å². The van der Waals surface area contributed by atoms with E-state index in [2.05, 4.69) is 5.32 Å². The number of hydrogen-bond acceptors (Lipinski definition) is 2. The first-order valence-electron chi connectivity index (χ1n) is 4.18. The predicted octanol–water partition coefficient (Wildman–Crippen LogP) is 1.01. The van der Waals surface area contributed by atoms with E-state index in [1.807, 2.05) is 13.8 Å².